The molecule has 0 aromatic carbocycles. The topological polar surface area (TPSA) is 47.9 Å². The van der Waals surface area contributed by atoms with Gasteiger partial charge >= 0.3 is 0 Å². The molecule has 1 heterocycles. The smallest absolute Gasteiger partial charge is 0.0852 e. The van der Waals surface area contributed by atoms with Crippen LogP contribution in [0.3, 0.4) is 0 Å². The van der Waals surface area contributed by atoms with E-state index in [0.29, 0.717) is 12.6 Å². The summed E-state index contributed by atoms with van der Waals surface area (Å²) in [6.45, 7) is 3.45. The van der Waals surface area contributed by atoms with Gasteiger partial charge in [-0.15, -0.1) is 0 Å². The molecule has 1 aliphatic heterocycles. The highest BCUT2D eigenvalue weighted by Gasteiger charge is 2.24. The number of hydrogen-bond donors (Lipinski definition) is 2. The van der Waals surface area contributed by atoms with E-state index >= 15 is 0 Å². The van der Waals surface area contributed by atoms with Crippen molar-refractivity contribution in [2.75, 3.05) is 26.2 Å². The van der Waals surface area contributed by atoms with E-state index in [-0.39, 0.29) is 0 Å². The Hall–Kier alpha value is -0.610. The second kappa shape index (κ2) is 6.97. The van der Waals surface area contributed by atoms with Crippen LogP contribution in [0.2, 0.25) is 0 Å². The number of rotatable bonds is 5. The summed E-state index contributed by atoms with van der Waals surface area (Å²) >= 11 is 0. The lowest BCUT2D eigenvalue weighted by molar-refractivity contribution is 0.213. The zero-order valence-corrected chi connectivity index (χ0v) is 10.6. The maximum atomic E-state index is 8.75. The summed E-state index contributed by atoms with van der Waals surface area (Å²) in [6, 6.07) is 1.38. The number of aliphatic hydroxyl groups is 1. The van der Waals surface area contributed by atoms with Gasteiger partial charge in [-0.2, -0.15) is 0 Å². The van der Waals surface area contributed by atoms with Crippen LogP contribution in [0, 0.1) is 0 Å². The Morgan fingerprint density at radius 1 is 1.29 bits per heavy atom. The Bertz CT molecular complexity index is 237. The van der Waals surface area contributed by atoms with Gasteiger partial charge in [0.05, 0.1) is 6.34 Å². The van der Waals surface area contributed by atoms with Crippen molar-refractivity contribution in [1.82, 2.24) is 10.2 Å². The van der Waals surface area contributed by atoms with Crippen molar-refractivity contribution in [3.8, 4) is 0 Å². The molecule has 0 saturated heterocycles. The highest BCUT2D eigenvalue weighted by Crippen LogP contribution is 2.23. The minimum absolute atomic E-state index is 0.298. The van der Waals surface area contributed by atoms with Gasteiger partial charge in [-0.25, -0.2) is 0 Å². The average Bonchev–Trinajstić information content (AvgIpc) is 2.41. The zero-order chi connectivity index (χ0) is 11.9. The molecular weight excluding hydrogens is 214 g/mol. The molecule has 1 aliphatic carbocycles. The first-order valence-electron chi connectivity index (χ1n) is 7.00. The molecule has 2 aliphatic rings. The minimum atomic E-state index is 0.298. The first-order chi connectivity index (χ1) is 8.40. The van der Waals surface area contributed by atoms with Crippen LogP contribution in [0.25, 0.3) is 0 Å². The van der Waals surface area contributed by atoms with Gasteiger partial charge in [-0.1, -0.05) is 0 Å². The van der Waals surface area contributed by atoms with Crippen molar-refractivity contribution < 1.29 is 5.11 Å². The molecule has 0 aromatic heterocycles. The molecule has 4 heteroatoms. The molecule has 2 N–H and O–H groups in total. The third-order valence-corrected chi connectivity index (χ3v) is 3.87. The van der Waals surface area contributed by atoms with Gasteiger partial charge < -0.3 is 15.3 Å². The molecule has 1 fully saturated rings. The first-order valence-corrected chi connectivity index (χ1v) is 7.00. The molecule has 0 spiro atoms. The van der Waals surface area contributed by atoms with Crippen molar-refractivity contribution in [2.24, 2.45) is 4.99 Å². The monoisotopic (exact) mass is 239 g/mol. The molecule has 0 bridgehead atoms. The summed E-state index contributed by atoms with van der Waals surface area (Å²) in [5.41, 5.74) is 0. The van der Waals surface area contributed by atoms with Crippen LogP contribution in [0.15, 0.2) is 4.99 Å². The fraction of sp³-hybridized carbons (Fsp3) is 0.923. The number of nitrogens with zero attached hydrogens (tertiary/aromatic N) is 2. The van der Waals surface area contributed by atoms with Gasteiger partial charge in [0, 0.05) is 31.8 Å². The summed E-state index contributed by atoms with van der Waals surface area (Å²) in [5.74, 6) is 0. The second-order valence-corrected chi connectivity index (χ2v) is 5.15. The molecule has 0 radical (unpaired) electrons. The lowest BCUT2D eigenvalue weighted by atomic mass is 9.90. The molecule has 0 aromatic rings. The van der Waals surface area contributed by atoms with Crippen LogP contribution < -0.4 is 5.32 Å². The Balaban J connectivity index is 1.66. The molecule has 17 heavy (non-hydrogen) atoms. The number of nitrogens with one attached hydrogen (secondary N) is 1. The van der Waals surface area contributed by atoms with Crippen molar-refractivity contribution >= 4 is 6.34 Å². The number of hydrogen-bond acceptors (Lipinski definition) is 4. The van der Waals surface area contributed by atoms with Crippen molar-refractivity contribution in [1.29, 1.82) is 0 Å². The molecule has 98 valence electrons. The zero-order valence-electron chi connectivity index (χ0n) is 10.6. The van der Waals surface area contributed by atoms with E-state index in [1.54, 1.807) is 0 Å². The van der Waals surface area contributed by atoms with Gasteiger partial charge in [-0.3, -0.25) is 4.99 Å². The van der Waals surface area contributed by atoms with Crippen LogP contribution in [-0.2, 0) is 0 Å². The summed E-state index contributed by atoms with van der Waals surface area (Å²) in [4.78, 5) is 6.81. The van der Waals surface area contributed by atoms with E-state index in [2.05, 4.69) is 21.5 Å². The van der Waals surface area contributed by atoms with E-state index in [9.17, 15) is 0 Å². The fourth-order valence-electron chi connectivity index (χ4n) is 2.84. The Morgan fingerprint density at radius 2 is 2.12 bits per heavy atom. The largest absolute Gasteiger partial charge is 0.396 e. The standard InChI is InChI=1S/C13H25N3O/c17-10-2-8-15-12-3-5-13(6-4-12)16-9-1-7-14-11-16/h11-13,15,17H,1-10H2. The highest BCUT2D eigenvalue weighted by molar-refractivity contribution is 5.56. The molecule has 2 rings (SSSR count). The normalized spacial score (nSPS) is 29.6. The quantitative estimate of drug-likeness (QED) is 0.704. The highest BCUT2D eigenvalue weighted by atomic mass is 16.3. The van der Waals surface area contributed by atoms with Gasteiger partial charge in [-0.05, 0) is 45.1 Å². The van der Waals surface area contributed by atoms with E-state index in [4.69, 9.17) is 5.11 Å². The van der Waals surface area contributed by atoms with E-state index in [1.807, 2.05) is 0 Å². The number of aliphatic hydroxyl groups excluding tert-OH is 1. The molecule has 0 amide bonds. The number of aliphatic imine (C=N–C) groups is 1. The van der Waals surface area contributed by atoms with E-state index < -0.39 is 0 Å². The Morgan fingerprint density at radius 3 is 2.76 bits per heavy atom. The molecular formula is C13H25N3O. The minimum Gasteiger partial charge on any atom is -0.396 e. The molecule has 0 unspecified atom stereocenters. The van der Waals surface area contributed by atoms with Crippen LogP contribution in [-0.4, -0.2) is 54.7 Å². The average molecular weight is 239 g/mol. The summed E-state index contributed by atoms with van der Waals surface area (Å²) in [6.07, 6.45) is 9.24. The van der Waals surface area contributed by atoms with Crippen LogP contribution in [0.1, 0.15) is 38.5 Å². The van der Waals surface area contributed by atoms with Crippen LogP contribution in [0.5, 0.6) is 0 Å². The predicted octanol–water partition coefficient (Wildman–Crippen LogP) is 1.00. The second-order valence-electron chi connectivity index (χ2n) is 5.15. The third-order valence-electron chi connectivity index (χ3n) is 3.87. The maximum absolute atomic E-state index is 8.75. The Kier molecular flexibility index (Phi) is 5.26. The van der Waals surface area contributed by atoms with Crippen LogP contribution >= 0.6 is 0 Å². The van der Waals surface area contributed by atoms with E-state index in [0.717, 1.165) is 25.6 Å². The van der Waals surface area contributed by atoms with Gasteiger partial charge in [0.25, 0.3) is 0 Å². The van der Waals surface area contributed by atoms with Gasteiger partial charge in [0.2, 0.25) is 0 Å². The summed E-state index contributed by atoms with van der Waals surface area (Å²) in [7, 11) is 0. The predicted molar refractivity (Wildman–Crippen MR) is 70.4 cm³/mol. The molecule has 0 atom stereocenters. The molecule has 4 nitrogen and oxygen atoms in total. The Labute approximate surface area is 104 Å². The molecule has 1 saturated carbocycles. The van der Waals surface area contributed by atoms with Crippen molar-refractivity contribution in [2.45, 2.75) is 50.6 Å². The summed E-state index contributed by atoms with van der Waals surface area (Å²) < 4.78 is 0. The van der Waals surface area contributed by atoms with E-state index in [1.165, 1.54) is 38.6 Å². The van der Waals surface area contributed by atoms with Crippen LogP contribution in [0.4, 0.5) is 0 Å². The SMILES string of the molecule is OCCCNC1CCC(N2C=NCCC2)CC1. The summed E-state index contributed by atoms with van der Waals surface area (Å²) in [5, 5.41) is 12.3. The fourth-order valence-corrected chi connectivity index (χ4v) is 2.84. The lowest BCUT2D eigenvalue weighted by Crippen LogP contribution is -2.43. The van der Waals surface area contributed by atoms with Gasteiger partial charge in [0.1, 0.15) is 0 Å². The lowest BCUT2D eigenvalue weighted by Gasteiger charge is -2.37. The first kappa shape index (κ1) is 12.8. The maximum Gasteiger partial charge on any atom is 0.0852 e. The van der Waals surface area contributed by atoms with Crippen molar-refractivity contribution in [3.63, 3.8) is 0 Å². The van der Waals surface area contributed by atoms with Crippen molar-refractivity contribution in [3.05, 3.63) is 0 Å². The van der Waals surface area contributed by atoms with Gasteiger partial charge in [0.15, 0.2) is 0 Å². The third kappa shape index (κ3) is 3.96.